The SMILES string of the molecule is Cc1ccc(COCC(C)(C)N2C(=O)c3ccccc3C2=O)cc1. The van der Waals surface area contributed by atoms with Gasteiger partial charge in [-0.25, -0.2) is 0 Å². The maximum absolute atomic E-state index is 12.6. The van der Waals surface area contributed by atoms with E-state index in [-0.39, 0.29) is 18.4 Å². The van der Waals surface area contributed by atoms with Crippen LogP contribution in [0.2, 0.25) is 0 Å². The van der Waals surface area contributed by atoms with Crippen molar-refractivity contribution in [2.24, 2.45) is 0 Å². The zero-order chi connectivity index (χ0) is 17.3. The van der Waals surface area contributed by atoms with Crippen molar-refractivity contribution >= 4 is 11.8 Å². The highest BCUT2D eigenvalue weighted by Crippen LogP contribution is 2.29. The highest BCUT2D eigenvalue weighted by Gasteiger charge is 2.43. The van der Waals surface area contributed by atoms with E-state index in [9.17, 15) is 9.59 Å². The fourth-order valence-corrected chi connectivity index (χ4v) is 2.91. The number of fused-ring (bicyclic) bond motifs is 1. The minimum Gasteiger partial charge on any atom is -0.374 e. The lowest BCUT2D eigenvalue weighted by Crippen LogP contribution is -2.50. The Morgan fingerprint density at radius 1 is 0.917 bits per heavy atom. The normalized spacial score (nSPS) is 14.2. The van der Waals surface area contributed by atoms with E-state index in [0.29, 0.717) is 17.7 Å². The second-order valence-corrected chi connectivity index (χ2v) is 6.78. The van der Waals surface area contributed by atoms with Gasteiger partial charge in [-0.3, -0.25) is 14.5 Å². The zero-order valence-electron chi connectivity index (χ0n) is 14.2. The summed E-state index contributed by atoms with van der Waals surface area (Å²) in [4.78, 5) is 26.5. The number of carbonyl (C=O) groups is 2. The maximum atomic E-state index is 12.6. The Labute approximate surface area is 142 Å². The van der Waals surface area contributed by atoms with Gasteiger partial charge in [0.05, 0.1) is 29.9 Å². The molecule has 4 nitrogen and oxygen atoms in total. The minimum atomic E-state index is -0.710. The van der Waals surface area contributed by atoms with Crippen LogP contribution in [0.3, 0.4) is 0 Å². The molecule has 2 aromatic rings. The Morgan fingerprint density at radius 3 is 2.00 bits per heavy atom. The summed E-state index contributed by atoms with van der Waals surface area (Å²) in [5, 5.41) is 0. The molecule has 24 heavy (non-hydrogen) atoms. The van der Waals surface area contributed by atoms with E-state index < -0.39 is 5.54 Å². The zero-order valence-corrected chi connectivity index (χ0v) is 14.2. The van der Waals surface area contributed by atoms with Crippen LogP contribution < -0.4 is 0 Å². The van der Waals surface area contributed by atoms with Crippen LogP contribution in [0, 0.1) is 6.92 Å². The molecule has 2 amide bonds. The molecule has 0 spiro atoms. The number of carbonyl (C=O) groups excluding carboxylic acids is 2. The van der Waals surface area contributed by atoms with Crippen molar-refractivity contribution in [2.75, 3.05) is 6.61 Å². The highest BCUT2D eigenvalue weighted by atomic mass is 16.5. The summed E-state index contributed by atoms with van der Waals surface area (Å²) in [6.45, 7) is 6.48. The van der Waals surface area contributed by atoms with Crippen molar-refractivity contribution in [3.05, 3.63) is 70.8 Å². The molecule has 0 saturated heterocycles. The van der Waals surface area contributed by atoms with Crippen LogP contribution >= 0.6 is 0 Å². The molecule has 0 bridgehead atoms. The summed E-state index contributed by atoms with van der Waals surface area (Å²) in [7, 11) is 0. The van der Waals surface area contributed by atoms with Crippen molar-refractivity contribution < 1.29 is 14.3 Å². The van der Waals surface area contributed by atoms with Crippen molar-refractivity contribution in [3.63, 3.8) is 0 Å². The first-order chi connectivity index (χ1) is 11.4. The van der Waals surface area contributed by atoms with Gasteiger partial charge in [0.2, 0.25) is 0 Å². The number of rotatable bonds is 5. The summed E-state index contributed by atoms with van der Waals surface area (Å²) in [6.07, 6.45) is 0. The lowest BCUT2D eigenvalue weighted by atomic mass is 10.0. The van der Waals surface area contributed by atoms with Crippen molar-refractivity contribution in [1.82, 2.24) is 4.90 Å². The number of amides is 2. The van der Waals surface area contributed by atoms with Crippen LogP contribution in [-0.4, -0.2) is 28.9 Å². The topological polar surface area (TPSA) is 46.6 Å². The van der Waals surface area contributed by atoms with Gasteiger partial charge in [0.15, 0.2) is 0 Å². The molecular weight excluding hydrogens is 302 g/mol. The number of hydrogen-bond donors (Lipinski definition) is 0. The molecule has 2 aromatic carbocycles. The molecule has 124 valence electrons. The molecule has 0 aliphatic carbocycles. The molecule has 0 unspecified atom stereocenters. The van der Waals surface area contributed by atoms with Gasteiger partial charge < -0.3 is 4.74 Å². The number of imide groups is 1. The van der Waals surface area contributed by atoms with Crippen molar-refractivity contribution in [2.45, 2.75) is 32.9 Å². The van der Waals surface area contributed by atoms with Gasteiger partial charge >= 0.3 is 0 Å². The van der Waals surface area contributed by atoms with Gasteiger partial charge in [-0.05, 0) is 38.5 Å². The van der Waals surface area contributed by atoms with Gasteiger partial charge in [0.25, 0.3) is 11.8 Å². The molecule has 0 atom stereocenters. The van der Waals surface area contributed by atoms with Crippen molar-refractivity contribution in [3.8, 4) is 0 Å². The fraction of sp³-hybridized carbons (Fsp3) is 0.300. The minimum absolute atomic E-state index is 0.250. The largest absolute Gasteiger partial charge is 0.374 e. The lowest BCUT2D eigenvalue weighted by molar-refractivity contribution is 0.0118. The first kappa shape index (κ1) is 16.4. The van der Waals surface area contributed by atoms with Gasteiger partial charge in [-0.1, -0.05) is 42.0 Å². The maximum Gasteiger partial charge on any atom is 0.262 e. The quantitative estimate of drug-likeness (QED) is 0.790. The second-order valence-electron chi connectivity index (χ2n) is 6.78. The number of benzene rings is 2. The van der Waals surface area contributed by atoms with Crippen LogP contribution in [0.15, 0.2) is 48.5 Å². The number of ether oxygens (including phenoxy) is 1. The molecule has 1 heterocycles. The van der Waals surface area contributed by atoms with Gasteiger partial charge in [0, 0.05) is 0 Å². The van der Waals surface area contributed by atoms with Gasteiger partial charge in [-0.15, -0.1) is 0 Å². The van der Waals surface area contributed by atoms with Crippen LogP contribution in [0.5, 0.6) is 0 Å². The average molecular weight is 323 g/mol. The summed E-state index contributed by atoms with van der Waals surface area (Å²) in [6, 6.07) is 15.0. The van der Waals surface area contributed by atoms with E-state index >= 15 is 0 Å². The molecular formula is C20H21NO3. The average Bonchev–Trinajstić information content (AvgIpc) is 2.82. The standard InChI is InChI=1S/C20H21NO3/c1-14-8-10-15(11-9-14)12-24-13-20(2,3)21-18(22)16-6-4-5-7-17(16)19(21)23/h4-11H,12-13H2,1-3H3. The van der Waals surface area contributed by atoms with Gasteiger partial charge in [-0.2, -0.15) is 0 Å². The Balaban J connectivity index is 1.68. The Kier molecular flexibility index (Phi) is 4.24. The predicted molar refractivity (Wildman–Crippen MR) is 91.9 cm³/mol. The summed E-state index contributed by atoms with van der Waals surface area (Å²) in [5.74, 6) is -0.501. The monoisotopic (exact) mass is 323 g/mol. The molecule has 0 radical (unpaired) electrons. The van der Waals surface area contributed by atoms with E-state index in [1.165, 1.54) is 10.5 Å². The second kappa shape index (κ2) is 6.21. The van der Waals surface area contributed by atoms with E-state index in [2.05, 4.69) is 0 Å². The first-order valence-electron chi connectivity index (χ1n) is 8.01. The Hall–Kier alpha value is -2.46. The van der Waals surface area contributed by atoms with E-state index in [1.54, 1.807) is 24.3 Å². The summed E-state index contributed by atoms with van der Waals surface area (Å²) in [5.41, 5.74) is 2.49. The molecule has 0 N–H and O–H groups in total. The molecule has 4 heteroatoms. The molecule has 1 aliphatic rings. The van der Waals surface area contributed by atoms with E-state index in [0.717, 1.165) is 5.56 Å². The van der Waals surface area contributed by atoms with E-state index in [4.69, 9.17) is 4.74 Å². The molecule has 3 rings (SSSR count). The third kappa shape index (κ3) is 2.97. The van der Waals surface area contributed by atoms with Gasteiger partial charge in [0.1, 0.15) is 0 Å². The third-order valence-electron chi connectivity index (χ3n) is 4.24. The molecule has 0 fully saturated rings. The molecule has 0 saturated carbocycles. The van der Waals surface area contributed by atoms with Crippen LogP contribution in [0.4, 0.5) is 0 Å². The number of nitrogens with zero attached hydrogens (tertiary/aromatic N) is 1. The summed E-state index contributed by atoms with van der Waals surface area (Å²) >= 11 is 0. The predicted octanol–water partition coefficient (Wildman–Crippen LogP) is 3.59. The summed E-state index contributed by atoms with van der Waals surface area (Å²) < 4.78 is 5.79. The van der Waals surface area contributed by atoms with E-state index in [1.807, 2.05) is 45.0 Å². The number of hydrogen-bond acceptors (Lipinski definition) is 3. The van der Waals surface area contributed by atoms with Crippen LogP contribution in [0.25, 0.3) is 0 Å². The third-order valence-corrected chi connectivity index (χ3v) is 4.24. The first-order valence-corrected chi connectivity index (χ1v) is 8.01. The van der Waals surface area contributed by atoms with Crippen molar-refractivity contribution in [1.29, 1.82) is 0 Å². The molecule has 0 aromatic heterocycles. The fourth-order valence-electron chi connectivity index (χ4n) is 2.91. The Morgan fingerprint density at radius 2 is 1.46 bits per heavy atom. The van der Waals surface area contributed by atoms with Crippen LogP contribution in [-0.2, 0) is 11.3 Å². The number of aryl methyl sites for hydroxylation is 1. The highest BCUT2D eigenvalue weighted by molar-refractivity contribution is 6.21. The van der Waals surface area contributed by atoms with Crippen LogP contribution in [0.1, 0.15) is 45.7 Å². The smallest absolute Gasteiger partial charge is 0.262 e. The Bertz CT molecular complexity index is 743. The molecule has 1 aliphatic heterocycles. The lowest BCUT2D eigenvalue weighted by Gasteiger charge is -2.33.